The van der Waals surface area contributed by atoms with Gasteiger partial charge in [-0.3, -0.25) is 19.3 Å². The maximum atomic E-state index is 14.2. The molecule has 1 heterocycles. The molecule has 8 heteroatoms. The lowest BCUT2D eigenvalue weighted by molar-refractivity contribution is -0.148. The molecule has 0 bridgehead atoms. The van der Waals surface area contributed by atoms with E-state index >= 15 is 0 Å². The number of carbonyl (C=O) groups excluding carboxylic acids is 3. The van der Waals surface area contributed by atoms with E-state index in [9.17, 15) is 14.4 Å². The first-order chi connectivity index (χ1) is 19.7. The van der Waals surface area contributed by atoms with Crippen molar-refractivity contribution in [2.75, 3.05) is 19.6 Å². The van der Waals surface area contributed by atoms with Crippen LogP contribution in [0, 0.1) is 5.92 Å². The number of nitrogens with one attached hydrogen (secondary N) is 2. The van der Waals surface area contributed by atoms with Gasteiger partial charge in [0.1, 0.15) is 12.1 Å². The molecule has 1 fully saturated rings. The molecule has 0 spiro atoms. The van der Waals surface area contributed by atoms with E-state index < -0.39 is 24.0 Å². The van der Waals surface area contributed by atoms with E-state index in [0.717, 1.165) is 16.7 Å². The standard InChI is InChI=1S/C33H41N5O3/c1-23(2)29(35-31(39)24(3)34)33(41)38-20-19-37(21-25-13-7-4-8-14-25)22-28(38)32(40)36-30(26-15-9-5-10-16-26)27-17-11-6-12-18-27/h4-18,23-24,28-30H,19-22,34H2,1-3H3,(H,35,39)(H,36,40)/t24-,28?,29-/m0/s1. The van der Waals surface area contributed by atoms with Crippen LogP contribution in [0.3, 0.4) is 0 Å². The molecule has 3 amide bonds. The van der Waals surface area contributed by atoms with Crippen LogP contribution in [0.5, 0.6) is 0 Å². The highest BCUT2D eigenvalue weighted by molar-refractivity contribution is 5.93. The van der Waals surface area contributed by atoms with E-state index in [2.05, 4.69) is 27.7 Å². The average molecular weight is 556 g/mol. The summed E-state index contributed by atoms with van der Waals surface area (Å²) in [6, 6.07) is 27.1. The molecule has 41 heavy (non-hydrogen) atoms. The van der Waals surface area contributed by atoms with Crippen molar-refractivity contribution in [2.24, 2.45) is 11.7 Å². The molecule has 8 nitrogen and oxygen atoms in total. The summed E-state index contributed by atoms with van der Waals surface area (Å²) < 4.78 is 0. The highest BCUT2D eigenvalue weighted by Crippen LogP contribution is 2.24. The molecule has 3 aromatic rings. The fourth-order valence-electron chi connectivity index (χ4n) is 5.18. The van der Waals surface area contributed by atoms with E-state index in [1.54, 1.807) is 11.8 Å². The molecule has 3 atom stereocenters. The fraction of sp³-hybridized carbons (Fsp3) is 0.364. The number of benzene rings is 3. The molecule has 3 aromatic carbocycles. The third kappa shape index (κ3) is 7.80. The number of hydrogen-bond acceptors (Lipinski definition) is 5. The fourth-order valence-corrected chi connectivity index (χ4v) is 5.18. The number of amides is 3. The van der Waals surface area contributed by atoms with Gasteiger partial charge in [0.25, 0.3) is 0 Å². The molecule has 216 valence electrons. The van der Waals surface area contributed by atoms with Gasteiger partial charge < -0.3 is 21.3 Å². The molecular formula is C33H41N5O3. The zero-order valence-corrected chi connectivity index (χ0v) is 24.1. The minimum absolute atomic E-state index is 0.183. The molecular weight excluding hydrogens is 514 g/mol. The van der Waals surface area contributed by atoms with Crippen molar-refractivity contribution in [1.29, 1.82) is 0 Å². The van der Waals surface area contributed by atoms with E-state index in [-0.39, 0.29) is 23.8 Å². The number of hydrogen-bond donors (Lipinski definition) is 3. The number of nitrogens with zero attached hydrogens (tertiary/aromatic N) is 2. The van der Waals surface area contributed by atoms with Crippen LogP contribution in [0.2, 0.25) is 0 Å². The molecule has 0 saturated carbocycles. The summed E-state index contributed by atoms with van der Waals surface area (Å²) in [5, 5.41) is 6.06. The second kappa shape index (κ2) is 14.1. The molecule has 1 aliphatic rings. The van der Waals surface area contributed by atoms with E-state index in [1.165, 1.54) is 0 Å². The first-order valence-electron chi connectivity index (χ1n) is 14.3. The van der Waals surface area contributed by atoms with Gasteiger partial charge in [0.15, 0.2) is 0 Å². The predicted octanol–water partition coefficient (Wildman–Crippen LogP) is 3.09. The maximum Gasteiger partial charge on any atom is 0.246 e. The second-order valence-corrected chi connectivity index (χ2v) is 11.1. The largest absolute Gasteiger partial charge is 0.343 e. The van der Waals surface area contributed by atoms with Crippen LogP contribution in [-0.2, 0) is 20.9 Å². The highest BCUT2D eigenvalue weighted by atomic mass is 16.2. The van der Waals surface area contributed by atoms with Gasteiger partial charge in [-0.15, -0.1) is 0 Å². The van der Waals surface area contributed by atoms with Gasteiger partial charge in [-0.25, -0.2) is 0 Å². The Balaban J connectivity index is 1.63. The summed E-state index contributed by atoms with van der Waals surface area (Å²) >= 11 is 0. The van der Waals surface area contributed by atoms with Crippen molar-refractivity contribution in [3.63, 3.8) is 0 Å². The minimum Gasteiger partial charge on any atom is -0.343 e. The lowest BCUT2D eigenvalue weighted by Gasteiger charge is -2.43. The maximum absolute atomic E-state index is 14.2. The van der Waals surface area contributed by atoms with Gasteiger partial charge in [-0.1, -0.05) is 105 Å². The SMILES string of the molecule is CC(C)[C@H](NC(=O)[C@H](C)N)C(=O)N1CCN(Cc2ccccc2)CC1C(=O)NC(c1ccccc1)c1ccccc1. The van der Waals surface area contributed by atoms with Gasteiger partial charge in [0.2, 0.25) is 17.7 Å². The Morgan fingerprint density at radius 1 is 0.805 bits per heavy atom. The third-order valence-corrected chi connectivity index (χ3v) is 7.50. The molecule has 0 aromatic heterocycles. The molecule has 0 radical (unpaired) electrons. The number of rotatable bonds is 10. The Bertz CT molecular complexity index is 1240. The number of carbonyl (C=O) groups is 3. The van der Waals surface area contributed by atoms with E-state index in [1.807, 2.05) is 92.7 Å². The Morgan fingerprint density at radius 3 is 1.85 bits per heavy atom. The van der Waals surface area contributed by atoms with Crippen molar-refractivity contribution in [3.05, 3.63) is 108 Å². The molecule has 4 rings (SSSR count). The summed E-state index contributed by atoms with van der Waals surface area (Å²) in [5.41, 5.74) is 8.83. The normalized spacial score (nSPS) is 17.2. The molecule has 0 aliphatic carbocycles. The predicted molar refractivity (Wildman–Crippen MR) is 161 cm³/mol. The smallest absolute Gasteiger partial charge is 0.246 e. The summed E-state index contributed by atoms with van der Waals surface area (Å²) in [6.45, 7) is 7.36. The highest BCUT2D eigenvalue weighted by Gasteiger charge is 2.40. The van der Waals surface area contributed by atoms with Crippen LogP contribution in [0.4, 0.5) is 0 Å². The topological polar surface area (TPSA) is 108 Å². The Kier molecular flexibility index (Phi) is 10.3. The minimum atomic E-state index is -0.788. The van der Waals surface area contributed by atoms with Crippen molar-refractivity contribution in [2.45, 2.75) is 51.5 Å². The van der Waals surface area contributed by atoms with Crippen LogP contribution in [0.1, 0.15) is 43.5 Å². The van der Waals surface area contributed by atoms with Crippen molar-refractivity contribution < 1.29 is 14.4 Å². The lowest BCUT2D eigenvalue weighted by Crippen LogP contribution is -2.64. The van der Waals surface area contributed by atoms with Crippen LogP contribution in [0.25, 0.3) is 0 Å². The summed E-state index contributed by atoms with van der Waals surface area (Å²) in [7, 11) is 0. The molecule has 1 unspecified atom stereocenters. The Labute approximate surface area is 242 Å². The van der Waals surface area contributed by atoms with E-state index in [0.29, 0.717) is 26.2 Å². The zero-order chi connectivity index (χ0) is 29.4. The van der Waals surface area contributed by atoms with Crippen LogP contribution in [0.15, 0.2) is 91.0 Å². The van der Waals surface area contributed by atoms with Crippen LogP contribution in [-0.4, -0.2) is 65.3 Å². The molecule has 4 N–H and O–H groups in total. The van der Waals surface area contributed by atoms with Crippen molar-refractivity contribution in [3.8, 4) is 0 Å². The van der Waals surface area contributed by atoms with Gasteiger partial charge >= 0.3 is 0 Å². The first kappa shape index (κ1) is 30.0. The first-order valence-corrected chi connectivity index (χ1v) is 14.3. The van der Waals surface area contributed by atoms with Crippen molar-refractivity contribution >= 4 is 17.7 Å². The number of nitrogens with two attached hydrogens (primary N) is 1. The monoisotopic (exact) mass is 555 g/mol. The Morgan fingerprint density at radius 2 is 1.34 bits per heavy atom. The molecule has 1 aliphatic heterocycles. The van der Waals surface area contributed by atoms with Gasteiger partial charge in [-0.2, -0.15) is 0 Å². The van der Waals surface area contributed by atoms with Gasteiger partial charge in [-0.05, 0) is 29.5 Å². The average Bonchev–Trinajstić information content (AvgIpc) is 2.99. The quantitative estimate of drug-likeness (QED) is 0.356. The van der Waals surface area contributed by atoms with Crippen LogP contribution < -0.4 is 16.4 Å². The van der Waals surface area contributed by atoms with E-state index in [4.69, 9.17) is 5.73 Å². The lowest BCUT2D eigenvalue weighted by atomic mass is 9.97. The van der Waals surface area contributed by atoms with Crippen LogP contribution >= 0.6 is 0 Å². The number of piperazine rings is 1. The zero-order valence-electron chi connectivity index (χ0n) is 24.1. The molecule has 1 saturated heterocycles. The van der Waals surface area contributed by atoms with Gasteiger partial charge in [0.05, 0.1) is 12.1 Å². The Hall–Kier alpha value is -4.01. The van der Waals surface area contributed by atoms with Gasteiger partial charge in [0, 0.05) is 26.2 Å². The second-order valence-electron chi connectivity index (χ2n) is 11.1. The summed E-state index contributed by atoms with van der Waals surface area (Å²) in [6.07, 6.45) is 0. The summed E-state index contributed by atoms with van der Waals surface area (Å²) in [5.74, 6) is -1.09. The van der Waals surface area contributed by atoms with Crippen molar-refractivity contribution in [1.82, 2.24) is 20.4 Å². The summed E-state index contributed by atoms with van der Waals surface area (Å²) in [4.78, 5) is 44.4. The third-order valence-electron chi connectivity index (χ3n) is 7.50.